The predicted molar refractivity (Wildman–Crippen MR) is 122 cm³/mol. The van der Waals surface area contributed by atoms with Gasteiger partial charge in [0.25, 0.3) is 0 Å². The van der Waals surface area contributed by atoms with Gasteiger partial charge >= 0.3 is 0 Å². The molecule has 0 radical (unpaired) electrons. The highest BCUT2D eigenvalue weighted by Gasteiger charge is 2.41. The Hall–Kier alpha value is -2.63. The van der Waals surface area contributed by atoms with Crippen molar-refractivity contribution in [3.8, 4) is 0 Å². The van der Waals surface area contributed by atoms with Crippen LogP contribution in [0, 0.1) is 11.6 Å². The molecule has 174 valence electrons. The van der Waals surface area contributed by atoms with Crippen LogP contribution >= 0.6 is 11.3 Å². The average molecular weight is 493 g/mol. The summed E-state index contributed by atoms with van der Waals surface area (Å²) in [6.45, 7) is 2.18. The van der Waals surface area contributed by atoms with Crippen molar-refractivity contribution in [3.63, 3.8) is 0 Å². The summed E-state index contributed by atoms with van der Waals surface area (Å²) in [5, 5.41) is 0.712. The largest absolute Gasteiger partial charge is 0.345 e. The van der Waals surface area contributed by atoms with Gasteiger partial charge in [-0.2, -0.15) is 4.31 Å². The molecule has 3 aromatic rings. The van der Waals surface area contributed by atoms with Gasteiger partial charge in [-0.25, -0.2) is 22.2 Å². The molecule has 2 aromatic carbocycles. The number of carbonyl (C=O) groups is 1. The fourth-order valence-electron chi connectivity index (χ4n) is 4.38. The molecule has 2 aliphatic heterocycles. The summed E-state index contributed by atoms with van der Waals surface area (Å²) in [4.78, 5) is 21.4. The summed E-state index contributed by atoms with van der Waals surface area (Å²) in [6.07, 6.45) is 1.05. The molecule has 11 heteroatoms. The lowest BCUT2D eigenvalue weighted by molar-refractivity contribution is -0.134. The third kappa shape index (κ3) is 4.09. The van der Waals surface area contributed by atoms with Crippen LogP contribution in [0.2, 0.25) is 0 Å². The summed E-state index contributed by atoms with van der Waals surface area (Å²) < 4.78 is 55.4. The maximum Gasteiger partial charge on any atom is 0.243 e. The van der Waals surface area contributed by atoms with Crippen LogP contribution in [-0.4, -0.2) is 67.3 Å². The highest BCUT2D eigenvalue weighted by atomic mass is 32.2. The number of para-hydroxylation sites is 1. The molecule has 0 unspecified atom stereocenters. The summed E-state index contributed by atoms with van der Waals surface area (Å²) in [6, 6.07) is 8.77. The van der Waals surface area contributed by atoms with Crippen molar-refractivity contribution < 1.29 is 22.0 Å². The number of hydrogen-bond acceptors (Lipinski definition) is 6. The number of anilines is 1. The van der Waals surface area contributed by atoms with E-state index in [2.05, 4.69) is 4.98 Å². The molecule has 1 atom stereocenters. The first-order valence-corrected chi connectivity index (χ1v) is 13.0. The first-order chi connectivity index (χ1) is 15.8. The van der Waals surface area contributed by atoms with E-state index >= 15 is 0 Å². The fourth-order valence-corrected chi connectivity index (χ4v) is 7.07. The number of rotatable bonds is 4. The van der Waals surface area contributed by atoms with Crippen LogP contribution in [0.4, 0.5) is 13.9 Å². The number of sulfonamides is 1. The summed E-state index contributed by atoms with van der Waals surface area (Å²) >= 11 is 1.41. The molecule has 3 heterocycles. The Morgan fingerprint density at radius 2 is 1.73 bits per heavy atom. The van der Waals surface area contributed by atoms with Crippen LogP contribution in [0.15, 0.2) is 47.4 Å². The monoisotopic (exact) mass is 492 g/mol. The number of thiazole rings is 1. The molecule has 0 bridgehead atoms. The van der Waals surface area contributed by atoms with E-state index in [1.165, 1.54) is 33.8 Å². The molecule has 0 spiro atoms. The zero-order chi connectivity index (χ0) is 23.2. The molecule has 5 rings (SSSR count). The van der Waals surface area contributed by atoms with Crippen LogP contribution in [0.1, 0.15) is 12.8 Å². The van der Waals surface area contributed by atoms with Crippen molar-refractivity contribution in [2.24, 2.45) is 0 Å². The summed E-state index contributed by atoms with van der Waals surface area (Å²) in [7, 11) is -3.90. The minimum absolute atomic E-state index is 0.0171. The molecule has 0 saturated carbocycles. The van der Waals surface area contributed by atoms with Crippen LogP contribution in [0.3, 0.4) is 0 Å². The second-order valence-corrected chi connectivity index (χ2v) is 11.0. The fraction of sp³-hybridized carbons (Fsp3) is 0.364. The van der Waals surface area contributed by atoms with Gasteiger partial charge in [-0.05, 0) is 49.2 Å². The SMILES string of the molecule is O=C([C@H]1CCCN1S(=O)(=O)c1ccc(F)cc1)N1CCN(c2nc3c(F)cccc3s2)CC1. The Morgan fingerprint density at radius 1 is 1.00 bits per heavy atom. The first kappa shape index (κ1) is 22.2. The number of halogens is 2. The van der Waals surface area contributed by atoms with Crippen molar-refractivity contribution in [2.75, 3.05) is 37.6 Å². The van der Waals surface area contributed by atoms with Crippen molar-refractivity contribution in [1.82, 2.24) is 14.2 Å². The lowest BCUT2D eigenvalue weighted by Gasteiger charge is -2.37. The third-order valence-electron chi connectivity index (χ3n) is 6.13. The molecule has 1 amide bonds. The van der Waals surface area contributed by atoms with Gasteiger partial charge in [-0.3, -0.25) is 4.79 Å². The van der Waals surface area contributed by atoms with Gasteiger partial charge in [-0.1, -0.05) is 17.4 Å². The van der Waals surface area contributed by atoms with E-state index in [1.54, 1.807) is 11.0 Å². The van der Waals surface area contributed by atoms with Crippen LogP contribution in [-0.2, 0) is 14.8 Å². The van der Waals surface area contributed by atoms with Gasteiger partial charge in [0.15, 0.2) is 5.13 Å². The molecule has 1 aromatic heterocycles. The molecule has 2 fully saturated rings. The highest BCUT2D eigenvalue weighted by Crippen LogP contribution is 2.32. The Bertz CT molecular complexity index is 1290. The van der Waals surface area contributed by atoms with Gasteiger partial charge in [0, 0.05) is 32.7 Å². The lowest BCUT2D eigenvalue weighted by atomic mass is 10.2. The number of piperazine rings is 1. The highest BCUT2D eigenvalue weighted by molar-refractivity contribution is 7.89. The quantitative estimate of drug-likeness (QED) is 0.560. The Kier molecular flexibility index (Phi) is 5.79. The van der Waals surface area contributed by atoms with E-state index in [4.69, 9.17) is 0 Å². The van der Waals surface area contributed by atoms with E-state index < -0.39 is 21.9 Å². The van der Waals surface area contributed by atoms with Gasteiger partial charge in [-0.15, -0.1) is 0 Å². The number of benzene rings is 2. The van der Waals surface area contributed by atoms with Gasteiger partial charge in [0.2, 0.25) is 15.9 Å². The smallest absolute Gasteiger partial charge is 0.243 e. The zero-order valence-corrected chi connectivity index (χ0v) is 19.3. The number of fused-ring (bicyclic) bond motifs is 1. The van der Waals surface area contributed by atoms with Crippen LogP contribution in [0.25, 0.3) is 10.2 Å². The number of aromatic nitrogens is 1. The standard InChI is InChI=1S/C22H22F2N4O3S2/c23-15-6-8-16(9-7-15)33(30,31)28-10-2-4-18(28)21(29)26-11-13-27(14-12-26)22-25-20-17(24)3-1-5-19(20)32-22/h1,3,5-9,18H,2,4,10-14H2/t18-/m1/s1. The van der Waals surface area contributed by atoms with Gasteiger partial charge in [0.1, 0.15) is 23.2 Å². The first-order valence-electron chi connectivity index (χ1n) is 10.7. The van der Waals surface area contributed by atoms with Crippen molar-refractivity contribution in [3.05, 3.63) is 54.1 Å². The van der Waals surface area contributed by atoms with Gasteiger partial charge < -0.3 is 9.80 Å². The molecule has 7 nitrogen and oxygen atoms in total. The average Bonchev–Trinajstić information content (AvgIpc) is 3.48. The maximum atomic E-state index is 14.0. The zero-order valence-electron chi connectivity index (χ0n) is 17.7. The Morgan fingerprint density at radius 3 is 2.42 bits per heavy atom. The molecule has 0 N–H and O–H groups in total. The van der Waals surface area contributed by atoms with E-state index in [0.29, 0.717) is 49.7 Å². The number of nitrogens with zero attached hydrogens (tertiary/aromatic N) is 4. The Balaban J connectivity index is 1.28. The van der Waals surface area contributed by atoms with Crippen molar-refractivity contribution in [2.45, 2.75) is 23.8 Å². The second-order valence-electron chi connectivity index (χ2n) is 8.12. The van der Waals surface area contributed by atoms with E-state index in [0.717, 1.165) is 16.8 Å². The lowest BCUT2D eigenvalue weighted by Crippen LogP contribution is -2.54. The molecular formula is C22H22F2N4O3S2. The van der Waals surface area contributed by atoms with E-state index in [9.17, 15) is 22.0 Å². The second kappa shape index (κ2) is 8.62. The Labute approximate surface area is 194 Å². The predicted octanol–water partition coefficient (Wildman–Crippen LogP) is 3.08. The normalized spacial score (nSPS) is 20.0. The number of carbonyl (C=O) groups excluding carboxylic acids is 1. The van der Waals surface area contributed by atoms with Crippen LogP contribution in [0.5, 0.6) is 0 Å². The molecule has 2 aliphatic rings. The topological polar surface area (TPSA) is 73.8 Å². The summed E-state index contributed by atoms with van der Waals surface area (Å²) in [5.41, 5.74) is 0.351. The maximum absolute atomic E-state index is 14.0. The van der Waals surface area contributed by atoms with Gasteiger partial charge in [0.05, 0.1) is 9.60 Å². The minimum atomic E-state index is -3.90. The number of hydrogen-bond donors (Lipinski definition) is 0. The van der Waals surface area contributed by atoms with E-state index in [-0.39, 0.29) is 23.2 Å². The molecular weight excluding hydrogens is 470 g/mol. The summed E-state index contributed by atoms with van der Waals surface area (Å²) in [5.74, 6) is -1.09. The van der Waals surface area contributed by atoms with Crippen molar-refractivity contribution >= 4 is 42.6 Å². The number of amides is 1. The van der Waals surface area contributed by atoms with Crippen molar-refractivity contribution in [1.29, 1.82) is 0 Å². The van der Waals surface area contributed by atoms with E-state index in [1.807, 2.05) is 11.0 Å². The minimum Gasteiger partial charge on any atom is -0.345 e. The van der Waals surface area contributed by atoms with Crippen LogP contribution < -0.4 is 4.90 Å². The molecule has 2 saturated heterocycles. The molecule has 0 aliphatic carbocycles. The molecule has 33 heavy (non-hydrogen) atoms. The third-order valence-corrected chi connectivity index (χ3v) is 9.13.